The minimum Gasteiger partial charge on any atom is -0.379 e. The Morgan fingerprint density at radius 3 is 2.45 bits per heavy atom. The number of benzene rings is 1. The van der Waals surface area contributed by atoms with Crippen molar-refractivity contribution in [3.05, 3.63) is 35.4 Å². The molecule has 0 aliphatic carbocycles. The molecule has 0 saturated heterocycles. The van der Waals surface area contributed by atoms with Crippen LogP contribution in [0.4, 0.5) is 0 Å². The second kappa shape index (κ2) is 8.40. The van der Waals surface area contributed by atoms with Gasteiger partial charge in [0.05, 0.1) is 12.2 Å². The van der Waals surface area contributed by atoms with Crippen LogP contribution in [0.2, 0.25) is 0 Å². The van der Waals surface area contributed by atoms with E-state index in [1.54, 1.807) is 7.11 Å². The van der Waals surface area contributed by atoms with Gasteiger partial charge in [-0.2, -0.15) is 0 Å². The lowest BCUT2D eigenvalue weighted by Gasteiger charge is -2.27. The van der Waals surface area contributed by atoms with Gasteiger partial charge in [-0.3, -0.25) is 0 Å². The Labute approximate surface area is 123 Å². The third kappa shape index (κ3) is 6.04. The molecule has 1 rings (SSSR count). The van der Waals surface area contributed by atoms with Crippen LogP contribution < -0.4 is 5.32 Å². The largest absolute Gasteiger partial charge is 0.379 e. The van der Waals surface area contributed by atoms with Crippen molar-refractivity contribution in [2.75, 3.05) is 13.7 Å². The Hall–Kier alpha value is -0.900. The number of hydrogen-bond donors (Lipinski definition) is 1. The Morgan fingerprint density at radius 1 is 1.20 bits per heavy atom. The van der Waals surface area contributed by atoms with E-state index < -0.39 is 0 Å². The zero-order chi connectivity index (χ0) is 15.0. The number of methoxy groups -OCH3 is 1. The minimum atomic E-state index is -0.0861. The number of ether oxygens (including phenoxy) is 2. The summed E-state index contributed by atoms with van der Waals surface area (Å²) in [5.41, 5.74) is 2.49. The maximum atomic E-state index is 5.52. The second-order valence-electron chi connectivity index (χ2n) is 5.86. The average Bonchev–Trinajstić information content (AvgIpc) is 2.43. The molecule has 0 fully saturated rings. The van der Waals surface area contributed by atoms with Crippen LogP contribution in [0.5, 0.6) is 0 Å². The van der Waals surface area contributed by atoms with E-state index in [1.165, 1.54) is 11.1 Å². The van der Waals surface area contributed by atoms with Gasteiger partial charge in [0.15, 0.2) is 0 Å². The van der Waals surface area contributed by atoms with Crippen LogP contribution in [0, 0.1) is 0 Å². The lowest BCUT2D eigenvalue weighted by molar-refractivity contribution is 0.00843. The van der Waals surface area contributed by atoms with Gasteiger partial charge < -0.3 is 14.8 Å². The Morgan fingerprint density at radius 2 is 1.85 bits per heavy atom. The predicted octanol–water partition coefficient (Wildman–Crippen LogP) is 3.52. The summed E-state index contributed by atoms with van der Waals surface area (Å²) in [6.45, 7) is 10.8. The summed E-state index contributed by atoms with van der Waals surface area (Å²) in [5, 5.41) is 3.57. The van der Waals surface area contributed by atoms with Crippen molar-refractivity contribution >= 4 is 0 Å². The normalized spacial score (nSPS) is 13.4. The van der Waals surface area contributed by atoms with Gasteiger partial charge in [-0.1, -0.05) is 24.3 Å². The fourth-order valence-electron chi connectivity index (χ4n) is 2.26. The summed E-state index contributed by atoms with van der Waals surface area (Å²) in [5.74, 6) is 0. The number of nitrogens with one attached hydrogen (secondary N) is 1. The van der Waals surface area contributed by atoms with Crippen molar-refractivity contribution in [2.24, 2.45) is 0 Å². The Kier molecular flexibility index (Phi) is 7.20. The van der Waals surface area contributed by atoms with Crippen molar-refractivity contribution < 1.29 is 9.47 Å². The smallest absolute Gasteiger partial charge is 0.0719 e. The second-order valence-corrected chi connectivity index (χ2v) is 5.86. The van der Waals surface area contributed by atoms with Crippen LogP contribution in [0.25, 0.3) is 0 Å². The molecule has 0 amide bonds. The van der Waals surface area contributed by atoms with Crippen molar-refractivity contribution in [1.82, 2.24) is 5.32 Å². The van der Waals surface area contributed by atoms with E-state index in [1.807, 2.05) is 6.92 Å². The molecular formula is C17H29NO2. The molecule has 1 aromatic carbocycles. The van der Waals surface area contributed by atoms with Crippen LogP contribution in [-0.4, -0.2) is 25.4 Å². The molecule has 1 aromatic rings. The lowest BCUT2D eigenvalue weighted by Crippen LogP contribution is -2.35. The minimum absolute atomic E-state index is 0.0861. The zero-order valence-corrected chi connectivity index (χ0v) is 13.5. The van der Waals surface area contributed by atoms with Crippen molar-refractivity contribution in [3.63, 3.8) is 0 Å². The quantitative estimate of drug-likeness (QED) is 0.750. The van der Waals surface area contributed by atoms with Gasteiger partial charge in [0.2, 0.25) is 0 Å². The molecule has 0 aliphatic heterocycles. The molecule has 0 radical (unpaired) electrons. The van der Waals surface area contributed by atoms with Crippen LogP contribution >= 0.6 is 0 Å². The summed E-state index contributed by atoms with van der Waals surface area (Å²) < 4.78 is 11.0. The van der Waals surface area contributed by atoms with Crippen LogP contribution in [0.15, 0.2) is 24.3 Å². The third-order valence-electron chi connectivity index (χ3n) is 3.57. The molecule has 0 aliphatic rings. The summed E-state index contributed by atoms with van der Waals surface area (Å²) in [4.78, 5) is 0. The highest BCUT2D eigenvalue weighted by atomic mass is 16.5. The summed E-state index contributed by atoms with van der Waals surface area (Å²) in [7, 11) is 1.77. The van der Waals surface area contributed by atoms with Gasteiger partial charge in [-0.25, -0.2) is 0 Å². The van der Waals surface area contributed by atoms with Gasteiger partial charge in [0.1, 0.15) is 0 Å². The SMILES string of the molecule is CCOCc1ccccc1CNC(C)CC(C)(C)OC. The van der Waals surface area contributed by atoms with Crippen molar-refractivity contribution in [1.29, 1.82) is 0 Å². The fourth-order valence-corrected chi connectivity index (χ4v) is 2.26. The summed E-state index contributed by atoms with van der Waals surface area (Å²) in [6, 6.07) is 8.85. The Bertz CT molecular complexity index is 390. The number of rotatable bonds is 9. The molecule has 3 heteroatoms. The summed E-state index contributed by atoms with van der Waals surface area (Å²) >= 11 is 0. The first-order valence-electron chi connectivity index (χ1n) is 7.41. The first-order chi connectivity index (χ1) is 9.48. The molecule has 1 atom stereocenters. The van der Waals surface area contributed by atoms with Crippen molar-refractivity contribution in [2.45, 2.75) is 58.9 Å². The highest BCUT2D eigenvalue weighted by Gasteiger charge is 2.19. The van der Waals surface area contributed by atoms with E-state index in [0.29, 0.717) is 12.6 Å². The highest BCUT2D eigenvalue weighted by Crippen LogP contribution is 2.16. The lowest BCUT2D eigenvalue weighted by atomic mass is 9.99. The average molecular weight is 279 g/mol. The number of hydrogen-bond acceptors (Lipinski definition) is 3. The molecule has 0 heterocycles. The van der Waals surface area contributed by atoms with Crippen molar-refractivity contribution in [3.8, 4) is 0 Å². The molecule has 3 nitrogen and oxygen atoms in total. The molecule has 0 spiro atoms. The molecule has 20 heavy (non-hydrogen) atoms. The molecule has 1 unspecified atom stereocenters. The van der Waals surface area contributed by atoms with Crippen LogP contribution in [0.1, 0.15) is 45.2 Å². The van der Waals surface area contributed by atoms with Gasteiger partial charge >= 0.3 is 0 Å². The maximum absolute atomic E-state index is 5.52. The molecule has 114 valence electrons. The predicted molar refractivity (Wildman–Crippen MR) is 83.8 cm³/mol. The first kappa shape index (κ1) is 17.2. The van der Waals surface area contributed by atoms with Gasteiger partial charge in [0, 0.05) is 26.3 Å². The molecular weight excluding hydrogens is 250 g/mol. The van der Waals surface area contributed by atoms with E-state index in [0.717, 1.165) is 19.6 Å². The Balaban J connectivity index is 2.52. The highest BCUT2D eigenvalue weighted by molar-refractivity contribution is 5.26. The van der Waals surface area contributed by atoms with E-state index in [2.05, 4.69) is 50.4 Å². The zero-order valence-electron chi connectivity index (χ0n) is 13.5. The van der Waals surface area contributed by atoms with E-state index >= 15 is 0 Å². The topological polar surface area (TPSA) is 30.5 Å². The first-order valence-corrected chi connectivity index (χ1v) is 7.41. The molecule has 1 N–H and O–H groups in total. The monoisotopic (exact) mass is 279 g/mol. The van der Waals surface area contributed by atoms with Crippen LogP contribution in [0.3, 0.4) is 0 Å². The van der Waals surface area contributed by atoms with Gasteiger partial charge in [-0.15, -0.1) is 0 Å². The molecule has 0 saturated carbocycles. The fraction of sp³-hybridized carbons (Fsp3) is 0.647. The van der Waals surface area contributed by atoms with Gasteiger partial charge in [-0.05, 0) is 45.2 Å². The van der Waals surface area contributed by atoms with E-state index in [4.69, 9.17) is 9.47 Å². The van der Waals surface area contributed by atoms with Crippen LogP contribution in [-0.2, 0) is 22.6 Å². The van der Waals surface area contributed by atoms with E-state index in [-0.39, 0.29) is 5.60 Å². The standard InChI is InChI=1S/C17H29NO2/c1-6-20-13-16-10-8-7-9-15(16)12-18-14(2)11-17(3,4)19-5/h7-10,14,18H,6,11-13H2,1-5H3. The molecule has 0 aromatic heterocycles. The maximum Gasteiger partial charge on any atom is 0.0719 e. The molecule has 0 bridgehead atoms. The van der Waals surface area contributed by atoms with E-state index in [9.17, 15) is 0 Å². The van der Waals surface area contributed by atoms with Gasteiger partial charge in [0.25, 0.3) is 0 Å². The third-order valence-corrected chi connectivity index (χ3v) is 3.57. The summed E-state index contributed by atoms with van der Waals surface area (Å²) in [6.07, 6.45) is 0.983.